The Labute approximate surface area is 257 Å². The molecular formula is C35H39FN4O2S. The lowest BCUT2D eigenvalue weighted by atomic mass is 9.65. The van der Waals surface area contributed by atoms with Crippen molar-refractivity contribution in [3.8, 4) is 0 Å². The molecule has 0 spiro atoms. The smallest absolute Gasteiger partial charge is 0.172 e. The molecule has 0 saturated heterocycles. The van der Waals surface area contributed by atoms with E-state index >= 15 is 4.39 Å². The van der Waals surface area contributed by atoms with Crippen LogP contribution < -0.4 is 16.4 Å². The molecule has 1 aromatic heterocycles. The van der Waals surface area contributed by atoms with Crippen LogP contribution in [0.5, 0.6) is 0 Å². The molecule has 4 N–H and O–H groups in total. The number of nitrogens with one attached hydrogen (secondary N) is 2. The van der Waals surface area contributed by atoms with Gasteiger partial charge < -0.3 is 16.4 Å². The van der Waals surface area contributed by atoms with Gasteiger partial charge in [-0.25, -0.2) is 9.37 Å². The maximum atomic E-state index is 15.5. The lowest BCUT2D eigenvalue weighted by Crippen LogP contribution is -2.53. The quantitative estimate of drug-likeness (QED) is 0.249. The minimum absolute atomic E-state index is 0.0875. The highest BCUT2D eigenvalue weighted by Crippen LogP contribution is 2.57. The zero-order chi connectivity index (χ0) is 30.1. The Hall–Kier alpha value is -3.65. The molecule has 2 fully saturated rings. The van der Waals surface area contributed by atoms with E-state index in [0.29, 0.717) is 34.8 Å². The molecule has 3 aliphatic rings. The monoisotopic (exact) mass is 598 g/mol. The Balaban J connectivity index is 1.34. The van der Waals surface area contributed by atoms with Crippen LogP contribution in [-0.4, -0.2) is 33.6 Å². The van der Waals surface area contributed by atoms with Gasteiger partial charge in [-0.1, -0.05) is 43.3 Å². The average Bonchev–Trinajstić information content (AvgIpc) is 3.26. The normalized spacial score (nSPS) is 25.5. The van der Waals surface area contributed by atoms with Gasteiger partial charge in [0, 0.05) is 45.1 Å². The number of hydrogen-bond donors (Lipinski definition) is 3. The summed E-state index contributed by atoms with van der Waals surface area (Å²) in [6, 6.07) is 14.9. The fourth-order valence-electron chi connectivity index (χ4n) is 7.36. The zero-order valence-corrected chi connectivity index (χ0v) is 25.6. The van der Waals surface area contributed by atoms with Crippen LogP contribution in [-0.2, 0) is 4.79 Å². The summed E-state index contributed by atoms with van der Waals surface area (Å²) < 4.78 is 15.5. The molecule has 2 heterocycles. The van der Waals surface area contributed by atoms with E-state index in [2.05, 4.69) is 34.7 Å². The number of rotatable bonds is 6. The molecule has 8 heteroatoms. The number of carbonyl (C=O) groups excluding carboxylic acids is 2. The highest BCUT2D eigenvalue weighted by molar-refractivity contribution is 8.00. The fourth-order valence-corrected chi connectivity index (χ4v) is 8.71. The lowest BCUT2D eigenvalue weighted by molar-refractivity contribution is -0.134. The Kier molecular flexibility index (Phi) is 8.32. The maximum Gasteiger partial charge on any atom is 0.172 e. The summed E-state index contributed by atoms with van der Waals surface area (Å²) in [5.74, 6) is 0.866. The van der Waals surface area contributed by atoms with Crippen molar-refractivity contribution in [2.75, 3.05) is 22.1 Å². The summed E-state index contributed by atoms with van der Waals surface area (Å²) in [5, 5.41) is 7.11. The molecule has 8 bridgehead atoms. The average molecular weight is 599 g/mol. The molecule has 5 unspecified atom stereocenters. The predicted octanol–water partition coefficient (Wildman–Crippen LogP) is 7.82. The minimum Gasteiger partial charge on any atom is -0.399 e. The summed E-state index contributed by atoms with van der Waals surface area (Å²) in [5.41, 5.74) is 9.45. The fraction of sp³-hybridized carbons (Fsp3) is 0.400. The number of nitrogens with two attached hydrogens (primary N) is 1. The zero-order valence-electron chi connectivity index (χ0n) is 24.7. The van der Waals surface area contributed by atoms with Gasteiger partial charge in [0.1, 0.15) is 11.6 Å². The Bertz CT molecular complexity index is 1560. The number of ketones is 2. The SMILES string of the molecule is CCC(CC=Cc1ccc(N)cc1)C(=O)C12CCC3SCC(=O)c4cccc(c4)Nc4ncc(F)c(c4C)NC1C3CC2. The minimum atomic E-state index is -0.585. The van der Waals surface area contributed by atoms with Crippen LogP contribution in [0.2, 0.25) is 0 Å². The first-order chi connectivity index (χ1) is 20.8. The van der Waals surface area contributed by atoms with Crippen molar-refractivity contribution in [2.24, 2.45) is 17.3 Å². The van der Waals surface area contributed by atoms with Crippen LogP contribution in [0.1, 0.15) is 66.9 Å². The van der Waals surface area contributed by atoms with E-state index in [4.69, 9.17) is 5.73 Å². The van der Waals surface area contributed by atoms with Crippen LogP contribution >= 0.6 is 11.8 Å². The molecule has 6 nitrogen and oxygen atoms in total. The molecule has 0 radical (unpaired) electrons. The highest BCUT2D eigenvalue weighted by Gasteiger charge is 2.59. The third kappa shape index (κ3) is 5.69. The molecule has 224 valence electrons. The van der Waals surface area contributed by atoms with E-state index in [0.717, 1.165) is 49.0 Å². The molecule has 1 aliphatic heterocycles. The summed E-state index contributed by atoms with van der Waals surface area (Å²) in [4.78, 5) is 32.1. The van der Waals surface area contributed by atoms with Gasteiger partial charge >= 0.3 is 0 Å². The lowest BCUT2D eigenvalue weighted by Gasteiger charge is -2.45. The van der Waals surface area contributed by atoms with E-state index < -0.39 is 11.2 Å². The first kappa shape index (κ1) is 29.4. The number of benzene rings is 2. The number of thioether (sulfide) groups is 1. The number of allylic oxidation sites excluding steroid dienone is 1. The Morgan fingerprint density at radius 1 is 1.21 bits per heavy atom. The van der Waals surface area contributed by atoms with Gasteiger partial charge in [0.25, 0.3) is 0 Å². The van der Waals surface area contributed by atoms with Crippen LogP contribution in [0.15, 0.2) is 60.8 Å². The number of pyridine rings is 1. The second-order valence-electron chi connectivity index (χ2n) is 12.2. The molecule has 2 aromatic carbocycles. The van der Waals surface area contributed by atoms with E-state index in [1.54, 1.807) is 11.8 Å². The number of aromatic nitrogens is 1. The summed E-state index contributed by atoms with van der Waals surface area (Å²) in [6.45, 7) is 3.93. The number of nitrogen functional groups attached to an aromatic ring is 1. The van der Waals surface area contributed by atoms with E-state index in [-0.39, 0.29) is 34.7 Å². The molecule has 43 heavy (non-hydrogen) atoms. The number of Topliss-reactive ketones (excluding diaryl/α,β-unsaturated/α-hetero) is 2. The number of fused-ring (bicyclic) bond motifs is 4. The molecule has 3 aromatic rings. The predicted molar refractivity (Wildman–Crippen MR) is 174 cm³/mol. The van der Waals surface area contributed by atoms with Crippen molar-refractivity contribution >= 4 is 52.3 Å². The Morgan fingerprint density at radius 2 is 2.00 bits per heavy atom. The molecule has 2 saturated carbocycles. The van der Waals surface area contributed by atoms with Crippen molar-refractivity contribution in [3.05, 3.63) is 83.3 Å². The number of nitrogens with zero attached hydrogens (tertiary/aromatic N) is 1. The third-order valence-corrected chi connectivity index (χ3v) is 11.2. The van der Waals surface area contributed by atoms with Gasteiger partial charge in [-0.05, 0) is 81.2 Å². The van der Waals surface area contributed by atoms with E-state index in [9.17, 15) is 9.59 Å². The highest BCUT2D eigenvalue weighted by atomic mass is 32.2. The molecule has 6 rings (SSSR count). The van der Waals surface area contributed by atoms with Gasteiger partial charge in [-0.2, -0.15) is 0 Å². The number of anilines is 4. The van der Waals surface area contributed by atoms with Gasteiger partial charge in [-0.3, -0.25) is 9.59 Å². The maximum absolute atomic E-state index is 15.5. The van der Waals surface area contributed by atoms with Crippen LogP contribution in [0.25, 0.3) is 6.08 Å². The third-order valence-electron chi connectivity index (χ3n) is 9.77. The first-order valence-corrected chi connectivity index (χ1v) is 16.3. The topological polar surface area (TPSA) is 97.1 Å². The van der Waals surface area contributed by atoms with Crippen LogP contribution in [0.4, 0.5) is 27.3 Å². The van der Waals surface area contributed by atoms with Crippen LogP contribution in [0.3, 0.4) is 0 Å². The van der Waals surface area contributed by atoms with Gasteiger partial charge in [-0.15, -0.1) is 11.8 Å². The molecular weight excluding hydrogens is 559 g/mol. The molecule has 0 amide bonds. The molecule has 5 atom stereocenters. The van der Waals surface area contributed by atoms with Crippen molar-refractivity contribution < 1.29 is 14.0 Å². The van der Waals surface area contributed by atoms with Crippen molar-refractivity contribution in [1.29, 1.82) is 0 Å². The second kappa shape index (κ2) is 12.2. The van der Waals surface area contributed by atoms with Crippen molar-refractivity contribution in [2.45, 2.75) is 63.7 Å². The van der Waals surface area contributed by atoms with Gasteiger partial charge in [0.05, 0.1) is 17.6 Å². The summed E-state index contributed by atoms with van der Waals surface area (Å²) in [6.07, 6.45) is 10.0. The van der Waals surface area contributed by atoms with Crippen molar-refractivity contribution in [3.63, 3.8) is 0 Å². The number of halogens is 1. The summed E-state index contributed by atoms with van der Waals surface area (Å²) in [7, 11) is 0. The van der Waals surface area contributed by atoms with Gasteiger partial charge in [0.15, 0.2) is 11.6 Å². The number of carbonyl (C=O) groups is 2. The standard InChI is InChI=1S/C35H39FN4O2S/c1-3-23(7-4-6-22-10-12-25(37)13-11-22)33(42)35-16-14-27-30(15-17-35)43-20-29(41)24-8-5-9-26(18-24)39-34-21(2)31(40-32(27)35)28(36)19-38-34/h4-6,8-13,18-19,23,27,30,32,40H,3,7,14-17,20,37H2,1-2H3,(H,38,39). The van der Waals surface area contributed by atoms with Crippen LogP contribution in [0, 0.1) is 30.0 Å². The van der Waals surface area contributed by atoms with E-state index in [1.807, 2.05) is 55.5 Å². The van der Waals surface area contributed by atoms with E-state index in [1.165, 1.54) is 6.20 Å². The molecule has 2 aliphatic carbocycles. The first-order valence-electron chi connectivity index (χ1n) is 15.3. The van der Waals surface area contributed by atoms with Crippen molar-refractivity contribution in [1.82, 2.24) is 4.98 Å². The number of hydrogen-bond acceptors (Lipinski definition) is 7. The largest absolute Gasteiger partial charge is 0.399 e. The van der Waals surface area contributed by atoms with Gasteiger partial charge in [0.2, 0.25) is 0 Å². The Morgan fingerprint density at radius 3 is 2.79 bits per heavy atom. The second-order valence-corrected chi connectivity index (χ2v) is 13.5. The summed E-state index contributed by atoms with van der Waals surface area (Å²) >= 11 is 1.69.